The molecule has 0 radical (unpaired) electrons. The van der Waals surface area contributed by atoms with Gasteiger partial charge in [0.05, 0.1) is 12.8 Å². The average Bonchev–Trinajstić information content (AvgIpc) is 3.05. The molecule has 8 nitrogen and oxygen atoms in total. The Morgan fingerprint density at radius 1 is 1.40 bits per heavy atom. The van der Waals surface area contributed by atoms with Gasteiger partial charge in [-0.1, -0.05) is 24.2 Å². The number of carbonyl (C=O) groups is 1. The third-order valence-corrected chi connectivity index (χ3v) is 2.82. The lowest BCUT2D eigenvalue weighted by Crippen LogP contribution is -2.10. The Morgan fingerprint density at radius 2 is 2.20 bits per heavy atom. The van der Waals surface area contributed by atoms with Crippen LogP contribution < -0.4 is 0 Å². The van der Waals surface area contributed by atoms with Gasteiger partial charge in [-0.15, -0.1) is 5.10 Å². The first-order valence-corrected chi connectivity index (χ1v) is 6.51. The maximum atomic E-state index is 11.6. The summed E-state index contributed by atoms with van der Waals surface area (Å²) in [5.41, 5.74) is 0.912. The van der Waals surface area contributed by atoms with Crippen LogP contribution in [0.15, 0.2) is 4.52 Å². The maximum absolute atomic E-state index is 11.6. The Hall–Kier alpha value is -2.25. The molecule has 0 bridgehead atoms. The molecule has 0 fully saturated rings. The molecule has 8 heteroatoms. The molecule has 0 spiro atoms. The van der Waals surface area contributed by atoms with Crippen LogP contribution in [-0.2, 0) is 24.1 Å². The first-order chi connectivity index (χ1) is 9.69. The zero-order valence-electron chi connectivity index (χ0n) is 11.8. The number of methoxy groups -OCH3 is 1. The highest BCUT2D eigenvalue weighted by Crippen LogP contribution is 2.10. The van der Waals surface area contributed by atoms with Crippen LogP contribution in [-0.4, -0.2) is 38.2 Å². The van der Waals surface area contributed by atoms with Crippen molar-refractivity contribution in [3.8, 4) is 0 Å². The molecule has 2 heterocycles. The van der Waals surface area contributed by atoms with Gasteiger partial charge in [-0.2, -0.15) is 4.98 Å². The van der Waals surface area contributed by atoms with E-state index in [0.29, 0.717) is 30.4 Å². The highest BCUT2D eigenvalue weighted by molar-refractivity contribution is 5.88. The van der Waals surface area contributed by atoms with Gasteiger partial charge in [-0.05, 0) is 12.8 Å². The van der Waals surface area contributed by atoms with E-state index in [2.05, 4.69) is 25.2 Å². The molecule has 0 aromatic carbocycles. The standard InChI is InChI=1S/C12H17N5O3/c1-4-6-9-13-10(20-15-9)7-17-8(5-2)11(14-16-17)12(18)19-3/h4-7H2,1-3H3. The Bertz CT molecular complexity index is 590. The van der Waals surface area contributed by atoms with Gasteiger partial charge in [-0.3, -0.25) is 0 Å². The minimum Gasteiger partial charge on any atom is -0.464 e. The fraction of sp³-hybridized carbons (Fsp3) is 0.583. The van der Waals surface area contributed by atoms with E-state index in [1.165, 1.54) is 7.11 Å². The molecule has 0 N–H and O–H groups in total. The van der Waals surface area contributed by atoms with Crippen molar-refractivity contribution in [2.24, 2.45) is 0 Å². The van der Waals surface area contributed by atoms with Crippen molar-refractivity contribution in [1.82, 2.24) is 25.1 Å². The van der Waals surface area contributed by atoms with Gasteiger partial charge in [0.1, 0.15) is 6.54 Å². The van der Waals surface area contributed by atoms with Crippen molar-refractivity contribution in [2.45, 2.75) is 39.7 Å². The monoisotopic (exact) mass is 279 g/mol. The summed E-state index contributed by atoms with van der Waals surface area (Å²) >= 11 is 0. The van der Waals surface area contributed by atoms with Crippen LogP contribution in [0.4, 0.5) is 0 Å². The summed E-state index contributed by atoms with van der Waals surface area (Å²) in [6.45, 7) is 4.26. The summed E-state index contributed by atoms with van der Waals surface area (Å²) in [7, 11) is 1.32. The number of aromatic nitrogens is 5. The number of esters is 1. The lowest BCUT2D eigenvalue weighted by Gasteiger charge is -2.02. The van der Waals surface area contributed by atoms with E-state index >= 15 is 0 Å². The molecular weight excluding hydrogens is 262 g/mol. The quantitative estimate of drug-likeness (QED) is 0.728. The third-order valence-electron chi connectivity index (χ3n) is 2.82. The average molecular weight is 279 g/mol. The van der Waals surface area contributed by atoms with E-state index in [0.717, 1.165) is 12.8 Å². The smallest absolute Gasteiger partial charge is 0.360 e. The number of rotatable bonds is 6. The van der Waals surface area contributed by atoms with Crippen LogP contribution in [0.2, 0.25) is 0 Å². The predicted octanol–water partition coefficient (Wildman–Crippen LogP) is 1.01. The van der Waals surface area contributed by atoms with Gasteiger partial charge in [0.15, 0.2) is 11.5 Å². The van der Waals surface area contributed by atoms with E-state index in [1.807, 2.05) is 13.8 Å². The fourth-order valence-corrected chi connectivity index (χ4v) is 1.87. The largest absolute Gasteiger partial charge is 0.464 e. The van der Waals surface area contributed by atoms with Crippen LogP contribution in [0.3, 0.4) is 0 Å². The van der Waals surface area contributed by atoms with Gasteiger partial charge in [-0.25, -0.2) is 9.48 Å². The lowest BCUT2D eigenvalue weighted by atomic mass is 10.2. The zero-order valence-corrected chi connectivity index (χ0v) is 11.8. The maximum Gasteiger partial charge on any atom is 0.360 e. The van der Waals surface area contributed by atoms with Gasteiger partial charge >= 0.3 is 5.97 Å². The second-order valence-electron chi connectivity index (χ2n) is 4.24. The molecule has 0 saturated carbocycles. The summed E-state index contributed by atoms with van der Waals surface area (Å²) in [5.74, 6) is 0.628. The van der Waals surface area contributed by atoms with Crippen LogP contribution in [0.1, 0.15) is 48.2 Å². The minimum atomic E-state index is -0.495. The van der Waals surface area contributed by atoms with Crippen LogP contribution in [0, 0.1) is 0 Å². The summed E-state index contributed by atoms with van der Waals surface area (Å²) in [5, 5.41) is 11.7. The van der Waals surface area contributed by atoms with Crippen LogP contribution in [0.5, 0.6) is 0 Å². The Labute approximate surface area is 116 Å². The molecule has 2 aromatic rings. The first-order valence-electron chi connectivity index (χ1n) is 6.51. The highest BCUT2D eigenvalue weighted by atomic mass is 16.5. The third kappa shape index (κ3) is 2.84. The Morgan fingerprint density at radius 3 is 2.85 bits per heavy atom. The molecule has 0 saturated heterocycles. The molecule has 20 heavy (non-hydrogen) atoms. The second kappa shape index (κ2) is 6.27. The molecule has 2 aromatic heterocycles. The van der Waals surface area contributed by atoms with Crippen molar-refractivity contribution in [3.63, 3.8) is 0 Å². The summed E-state index contributed by atoms with van der Waals surface area (Å²) in [6, 6.07) is 0. The van der Waals surface area contributed by atoms with Gasteiger partial charge in [0.2, 0.25) is 5.89 Å². The fourth-order valence-electron chi connectivity index (χ4n) is 1.87. The molecule has 0 aliphatic rings. The topological polar surface area (TPSA) is 95.9 Å². The van der Waals surface area contributed by atoms with Crippen molar-refractivity contribution in [3.05, 3.63) is 23.1 Å². The Kier molecular flexibility index (Phi) is 4.44. The lowest BCUT2D eigenvalue weighted by molar-refractivity contribution is 0.0592. The number of hydrogen-bond donors (Lipinski definition) is 0. The van der Waals surface area contributed by atoms with Gasteiger partial charge in [0.25, 0.3) is 0 Å². The van der Waals surface area contributed by atoms with Gasteiger partial charge in [0, 0.05) is 6.42 Å². The highest BCUT2D eigenvalue weighted by Gasteiger charge is 2.20. The molecule has 108 valence electrons. The molecule has 0 aliphatic carbocycles. The van der Waals surface area contributed by atoms with Crippen molar-refractivity contribution < 1.29 is 14.1 Å². The molecular formula is C12H17N5O3. The van der Waals surface area contributed by atoms with Gasteiger partial charge < -0.3 is 9.26 Å². The van der Waals surface area contributed by atoms with Crippen molar-refractivity contribution >= 4 is 5.97 Å². The minimum absolute atomic E-state index is 0.225. The molecule has 0 aliphatic heterocycles. The van der Waals surface area contributed by atoms with Crippen molar-refractivity contribution in [1.29, 1.82) is 0 Å². The first kappa shape index (κ1) is 14.2. The summed E-state index contributed by atoms with van der Waals surface area (Å²) in [6.07, 6.45) is 2.33. The van der Waals surface area contributed by atoms with Crippen LogP contribution in [0.25, 0.3) is 0 Å². The number of ether oxygens (including phenoxy) is 1. The molecule has 0 amide bonds. The van der Waals surface area contributed by atoms with E-state index < -0.39 is 5.97 Å². The SMILES string of the molecule is CCCc1noc(Cn2nnc(C(=O)OC)c2CC)n1. The van der Waals surface area contributed by atoms with E-state index in [1.54, 1.807) is 4.68 Å². The second-order valence-corrected chi connectivity index (χ2v) is 4.24. The molecule has 0 unspecified atom stereocenters. The van der Waals surface area contributed by atoms with E-state index in [-0.39, 0.29) is 5.69 Å². The van der Waals surface area contributed by atoms with E-state index in [9.17, 15) is 4.79 Å². The van der Waals surface area contributed by atoms with Crippen LogP contribution >= 0.6 is 0 Å². The number of carbonyl (C=O) groups excluding carboxylic acids is 1. The Balaban J connectivity index is 2.20. The normalized spacial score (nSPS) is 10.8. The summed E-state index contributed by atoms with van der Waals surface area (Å²) < 4.78 is 11.4. The summed E-state index contributed by atoms with van der Waals surface area (Å²) in [4.78, 5) is 15.8. The predicted molar refractivity (Wildman–Crippen MR) is 68.1 cm³/mol. The van der Waals surface area contributed by atoms with E-state index in [4.69, 9.17) is 4.52 Å². The number of hydrogen-bond acceptors (Lipinski definition) is 7. The van der Waals surface area contributed by atoms with Crippen molar-refractivity contribution in [2.75, 3.05) is 7.11 Å². The molecule has 0 atom stereocenters. The number of nitrogens with zero attached hydrogens (tertiary/aromatic N) is 5. The zero-order chi connectivity index (χ0) is 14.5. The number of aryl methyl sites for hydroxylation is 1. The molecule has 2 rings (SSSR count).